The molecule has 3 unspecified atom stereocenters. The zero-order chi connectivity index (χ0) is 21.1. The Labute approximate surface area is 174 Å². The van der Waals surface area contributed by atoms with Gasteiger partial charge in [0.25, 0.3) is 0 Å². The van der Waals surface area contributed by atoms with E-state index in [1.54, 1.807) is 0 Å². The van der Waals surface area contributed by atoms with E-state index in [1.807, 2.05) is 12.1 Å². The maximum Gasteiger partial charge on any atom is 0.466 e. The molecule has 1 heterocycles. The van der Waals surface area contributed by atoms with E-state index >= 15 is 0 Å². The van der Waals surface area contributed by atoms with Crippen molar-refractivity contribution in [1.29, 1.82) is 0 Å². The van der Waals surface area contributed by atoms with Crippen LogP contribution in [-0.4, -0.2) is 43.8 Å². The quantitative estimate of drug-likeness (QED) is 0.540. The van der Waals surface area contributed by atoms with Crippen LogP contribution in [-0.2, 0) is 9.98 Å². The standard InChI is InChI=1S/C22H33NO.H3O4P/c1-2-20-14-22(18-9-5-11-21(24)13-18)12-6-10-19(22)16-23(20)15-17-7-3-4-8-17;1-5(2,3)4/h5,9,11,13,17,19-20,24H,2-4,6-8,10,12,14-16H2,1H3;(H3,1,2,3,4). The number of nitrogens with zero attached hydrogens (tertiary/aromatic N) is 1. The molecule has 3 aliphatic rings. The molecule has 4 rings (SSSR count). The van der Waals surface area contributed by atoms with E-state index in [4.69, 9.17) is 19.2 Å². The molecule has 1 aliphatic heterocycles. The van der Waals surface area contributed by atoms with Crippen molar-refractivity contribution in [3.05, 3.63) is 29.8 Å². The topological polar surface area (TPSA) is 101 Å². The third-order valence-electron chi connectivity index (χ3n) is 7.39. The van der Waals surface area contributed by atoms with Crippen molar-refractivity contribution in [1.82, 2.24) is 4.90 Å². The molecule has 2 saturated carbocycles. The van der Waals surface area contributed by atoms with Crippen LogP contribution in [0.4, 0.5) is 0 Å². The van der Waals surface area contributed by atoms with Gasteiger partial charge in [0.2, 0.25) is 0 Å². The van der Waals surface area contributed by atoms with Crippen LogP contribution < -0.4 is 0 Å². The summed E-state index contributed by atoms with van der Waals surface area (Å²) in [5.41, 5.74) is 1.73. The highest BCUT2D eigenvalue weighted by Gasteiger charge is 2.50. The summed E-state index contributed by atoms with van der Waals surface area (Å²) in [5.74, 6) is 2.17. The molecular formula is C22H36NO5P. The van der Waals surface area contributed by atoms with Crippen LogP contribution in [0, 0.1) is 11.8 Å². The fourth-order valence-electron chi connectivity index (χ4n) is 6.13. The average Bonchev–Trinajstić information content (AvgIpc) is 3.29. The summed E-state index contributed by atoms with van der Waals surface area (Å²) >= 11 is 0. The van der Waals surface area contributed by atoms with Crippen molar-refractivity contribution >= 4 is 7.82 Å². The molecular weight excluding hydrogens is 389 g/mol. The van der Waals surface area contributed by atoms with Gasteiger partial charge in [0.1, 0.15) is 5.75 Å². The van der Waals surface area contributed by atoms with Crippen molar-refractivity contribution < 1.29 is 24.4 Å². The number of phosphoric acid groups is 1. The number of phenols is 1. The summed E-state index contributed by atoms with van der Waals surface area (Å²) in [5, 5.41) is 10.0. The maximum absolute atomic E-state index is 10.0. The van der Waals surface area contributed by atoms with Gasteiger partial charge in [0, 0.05) is 24.5 Å². The first-order valence-electron chi connectivity index (χ1n) is 11.0. The maximum atomic E-state index is 10.0. The van der Waals surface area contributed by atoms with E-state index in [-0.39, 0.29) is 0 Å². The number of rotatable bonds is 4. The lowest BCUT2D eigenvalue weighted by atomic mass is 9.65. The third kappa shape index (κ3) is 5.83. The molecule has 0 radical (unpaired) electrons. The van der Waals surface area contributed by atoms with Crippen LogP contribution in [0.2, 0.25) is 0 Å². The van der Waals surface area contributed by atoms with Gasteiger partial charge in [0.15, 0.2) is 0 Å². The van der Waals surface area contributed by atoms with Gasteiger partial charge in [-0.1, -0.05) is 38.3 Å². The molecule has 3 atom stereocenters. The molecule has 0 bridgehead atoms. The Morgan fingerprint density at radius 2 is 1.83 bits per heavy atom. The average molecular weight is 426 g/mol. The smallest absolute Gasteiger partial charge is 0.466 e. The van der Waals surface area contributed by atoms with E-state index in [0.29, 0.717) is 11.2 Å². The number of piperidine rings is 1. The first-order valence-corrected chi connectivity index (χ1v) is 12.6. The Balaban J connectivity index is 0.000000431. The van der Waals surface area contributed by atoms with E-state index in [1.165, 1.54) is 76.4 Å². The van der Waals surface area contributed by atoms with Crippen molar-refractivity contribution in [2.45, 2.75) is 76.2 Å². The van der Waals surface area contributed by atoms with Gasteiger partial charge in [-0.25, -0.2) is 4.57 Å². The molecule has 4 N–H and O–H groups in total. The minimum atomic E-state index is -4.64. The van der Waals surface area contributed by atoms with Crippen LogP contribution in [0.5, 0.6) is 5.75 Å². The van der Waals surface area contributed by atoms with E-state index in [9.17, 15) is 5.11 Å². The largest absolute Gasteiger partial charge is 0.508 e. The molecule has 0 aromatic heterocycles. The van der Waals surface area contributed by atoms with Gasteiger partial charge in [-0.15, -0.1) is 0 Å². The Bertz CT molecular complexity index is 709. The fourth-order valence-corrected chi connectivity index (χ4v) is 6.13. The predicted octanol–water partition coefficient (Wildman–Crippen LogP) is 4.18. The molecule has 1 saturated heterocycles. The predicted molar refractivity (Wildman–Crippen MR) is 114 cm³/mol. The van der Waals surface area contributed by atoms with Crippen molar-refractivity contribution in [2.24, 2.45) is 11.8 Å². The number of benzene rings is 1. The summed E-state index contributed by atoms with van der Waals surface area (Å²) in [6.45, 7) is 4.99. The third-order valence-corrected chi connectivity index (χ3v) is 7.39. The molecule has 29 heavy (non-hydrogen) atoms. The van der Waals surface area contributed by atoms with Crippen LogP contribution >= 0.6 is 7.82 Å². The zero-order valence-electron chi connectivity index (χ0n) is 17.4. The van der Waals surface area contributed by atoms with Gasteiger partial charge in [0.05, 0.1) is 0 Å². The van der Waals surface area contributed by atoms with Gasteiger partial charge in [-0.3, -0.25) is 4.90 Å². The number of hydrogen-bond donors (Lipinski definition) is 4. The monoisotopic (exact) mass is 425 g/mol. The Morgan fingerprint density at radius 3 is 2.45 bits per heavy atom. The fraction of sp³-hybridized carbons (Fsp3) is 0.727. The Morgan fingerprint density at radius 1 is 1.14 bits per heavy atom. The van der Waals surface area contributed by atoms with Crippen molar-refractivity contribution in [3.8, 4) is 5.75 Å². The number of aromatic hydroxyl groups is 1. The normalized spacial score (nSPS) is 30.6. The van der Waals surface area contributed by atoms with E-state index < -0.39 is 7.82 Å². The lowest BCUT2D eigenvalue weighted by Crippen LogP contribution is -2.53. The summed E-state index contributed by atoms with van der Waals surface area (Å²) in [6.07, 6.45) is 12.4. The number of likely N-dealkylation sites (tertiary alicyclic amines) is 1. The Hall–Kier alpha value is -0.910. The summed E-state index contributed by atoms with van der Waals surface area (Å²) in [6, 6.07) is 8.91. The first kappa shape index (κ1) is 22.8. The number of hydrogen-bond acceptors (Lipinski definition) is 3. The zero-order valence-corrected chi connectivity index (χ0v) is 18.3. The summed E-state index contributed by atoms with van der Waals surface area (Å²) in [7, 11) is -4.64. The molecule has 7 heteroatoms. The lowest BCUT2D eigenvalue weighted by Gasteiger charge is -2.50. The molecule has 0 spiro atoms. The highest BCUT2D eigenvalue weighted by molar-refractivity contribution is 7.45. The highest BCUT2D eigenvalue weighted by Crippen LogP contribution is 2.53. The molecule has 6 nitrogen and oxygen atoms in total. The molecule has 0 amide bonds. The lowest BCUT2D eigenvalue weighted by molar-refractivity contribution is 0.0410. The van der Waals surface area contributed by atoms with Gasteiger partial charge < -0.3 is 19.8 Å². The molecule has 1 aromatic rings. The molecule has 2 aliphatic carbocycles. The minimum Gasteiger partial charge on any atom is -0.508 e. The molecule has 164 valence electrons. The van der Waals surface area contributed by atoms with Gasteiger partial charge >= 0.3 is 7.82 Å². The molecule has 1 aromatic carbocycles. The van der Waals surface area contributed by atoms with E-state index in [0.717, 1.165) is 17.9 Å². The van der Waals surface area contributed by atoms with Crippen LogP contribution in [0.1, 0.15) is 70.3 Å². The van der Waals surface area contributed by atoms with Crippen LogP contribution in [0.25, 0.3) is 0 Å². The Kier molecular flexibility index (Phi) is 7.45. The summed E-state index contributed by atoms with van der Waals surface area (Å²) in [4.78, 5) is 24.4. The minimum absolute atomic E-state index is 0.325. The second-order valence-electron chi connectivity index (χ2n) is 9.18. The highest BCUT2D eigenvalue weighted by atomic mass is 31.2. The first-order chi connectivity index (χ1) is 13.7. The van der Waals surface area contributed by atoms with Crippen molar-refractivity contribution in [2.75, 3.05) is 13.1 Å². The second kappa shape index (κ2) is 9.49. The SMILES string of the molecule is CCC1CC2(c3cccc(O)c3)CCCC2CN1CC1CCCC1.O=P(O)(O)O. The number of fused-ring (bicyclic) bond motifs is 1. The van der Waals surface area contributed by atoms with Crippen LogP contribution in [0.3, 0.4) is 0 Å². The summed E-state index contributed by atoms with van der Waals surface area (Å²) < 4.78 is 8.88. The van der Waals surface area contributed by atoms with Gasteiger partial charge in [-0.05, 0) is 68.1 Å². The van der Waals surface area contributed by atoms with Crippen molar-refractivity contribution in [3.63, 3.8) is 0 Å². The molecule has 3 fully saturated rings. The van der Waals surface area contributed by atoms with Gasteiger partial charge in [-0.2, -0.15) is 0 Å². The number of phenolic OH excluding ortho intramolecular Hbond substituents is 1. The van der Waals surface area contributed by atoms with E-state index in [2.05, 4.69) is 24.0 Å². The second-order valence-corrected chi connectivity index (χ2v) is 10.2. The van der Waals surface area contributed by atoms with Crippen LogP contribution in [0.15, 0.2) is 24.3 Å².